The van der Waals surface area contributed by atoms with Gasteiger partial charge in [0, 0.05) is 18.0 Å². The van der Waals surface area contributed by atoms with Crippen LogP contribution < -0.4 is 0 Å². The average Bonchev–Trinajstić information content (AvgIpc) is 2.14. The van der Waals surface area contributed by atoms with Gasteiger partial charge in [-0.3, -0.25) is 4.99 Å². The lowest BCUT2D eigenvalue weighted by Crippen LogP contribution is -2.21. The Balaban J connectivity index is 3.78. The molecule has 0 aliphatic rings. The first-order chi connectivity index (χ1) is 6.99. The van der Waals surface area contributed by atoms with E-state index in [1.165, 1.54) is 25.7 Å². The smallest absolute Gasteiger partial charge is 0.109 e. The molecule has 0 aromatic carbocycles. The summed E-state index contributed by atoms with van der Waals surface area (Å²) in [4.78, 5) is 4.54. The third kappa shape index (κ3) is 10.5. The molecule has 3 heteroatoms. The first-order valence-electron chi connectivity index (χ1n) is 6.17. The molecule has 0 rings (SSSR count). The molecule has 0 aliphatic heterocycles. The molecule has 0 radical (unpaired) electrons. The molecule has 15 heavy (non-hydrogen) atoms. The van der Waals surface area contributed by atoms with Crippen molar-refractivity contribution < 1.29 is 0 Å². The molecule has 0 aromatic rings. The van der Waals surface area contributed by atoms with E-state index in [0.717, 1.165) is 6.54 Å². The van der Waals surface area contributed by atoms with E-state index in [2.05, 4.69) is 55.9 Å². The second kappa shape index (κ2) is 8.40. The Bertz CT molecular complexity index is 175. The summed E-state index contributed by atoms with van der Waals surface area (Å²) in [6.07, 6.45) is 7.26. The molecule has 0 heterocycles. The van der Waals surface area contributed by atoms with Crippen LogP contribution in [-0.2, 0) is 0 Å². The minimum atomic E-state index is -0.991. The van der Waals surface area contributed by atoms with Gasteiger partial charge in [0.2, 0.25) is 0 Å². The molecule has 0 spiro atoms. The molecule has 0 aromatic heterocycles. The maximum absolute atomic E-state index is 4.54. The minimum absolute atomic E-state index is 0.651. The van der Waals surface area contributed by atoms with E-state index in [9.17, 15) is 0 Å². The molecular weight excluding hydrogens is 218 g/mol. The predicted octanol–water partition coefficient (Wildman–Crippen LogP) is 4.59. The zero-order valence-electron chi connectivity index (χ0n) is 11.0. The van der Waals surface area contributed by atoms with E-state index in [-0.39, 0.29) is 0 Å². The highest BCUT2D eigenvalue weighted by atomic mass is 32.4. The summed E-state index contributed by atoms with van der Waals surface area (Å²) in [5, 5.41) is 0.651. The molecule has 0 aliphatic carbocycles. The molecule has 90 valence electrons. The topological polar surface area (TPSA) is 12.4 Å². The van der Waals surface area contributed by atoms with Crippen molar-refractivity contribution in [2.24, 2.45) is 4.99 Å². The van der Waals surface area contributed by atoms with Crippen molar-refractivity contribution in [2.45, 2.75) is 64.4 Å². The van der Waals surface area contributed by atoms with Crippen molar-refractivity contribution in [3.05, 3.63) is 0 Å². The minimum Gasteiger partial charge on any atom is -0.296 e. The summed E-state index contributed by atoms with van der Waals surface area (Å²) in [5.41, 5.74) is 0. The molecular formula is C12H27NSSi. The molecule has 1 atom stereocenters. The monoisotopic (exact) mass is 245 g/mol. The lowest BCUT2D eigenvalue weighted by molar-refractivity contribution is 0.728. The number of nitrogens with zero attached hydrogens (tertiary/aromatic N) is 1. The summed E-state index contributed by atoms with van der Waals surface area (Å²) in [6.45, 7) is 12.7. The van der Waals surface area contributed by atoms with E-state index in [0.29, 0.717) is 5.25 Å². The molecule has 0 saturated heterocycles. The van der Waals surface area contributed by atoms with Gasteiger partial charge in [0.1, 0.15) is 7.22 Å². The quantitative estimate of drug-likeness (QED) is 0.346. The van der Waals surface area contributed by atoms with Gasteiger partial charge in [-0.15, -0.1) is 0 Å². The van der Waals surface area contributed by atoms with Gasteiger partial charge >= 0.3 is 0 Å². The SMILES string of the molecule is CCCCCN=CC(CC)S[Si](C)(C)C. The second-order valence-corrected chi connectivity index (χ2v) is 14.4. The van der Waals surface area contributed by atoms with E-state index >= 15 is 0 Å². The van der Waals surface area contributed by atoms with Crippen molar-refractivity contribution in [1.82, 2.24) is 0 Å². The fourth-order valence-electron chi connectivity index (χ4n) is 1.32. The summed E-state index contributed by atoms with van der Waals surface area (Å²) < 4.78 is 0. The lowest BCUT2D eigenvalue weighted by Gasteiger charge is -2.20. The molecule has 1 nitrogen and oxygen atoms in total. The lowest BCUT2D eigenvalue weighted by atomic mass is 10.2. The summed E-state index contributed by atoms with van der Waals surface area (Å²) in [5.74, 6) is 0. The second-order valence-electron chi connectivity index (χ2n) is 4.94. The van der Waals surface area contributed by atoms with Crippen LogP contribution in [0, 0.1) is 0 Å². The fraction of sp³-hybridized carbons (Fsp3) is 0.917. The molecule has 0 N–H and O–H groups in total. The van der Waals surface area contributed by atoms with Gasteiger partial charge in [0.15, 0.2) is 0 Å². The Kier molecular flexibility index (Phi) is 8.53. The zero-order chi connectivity index (χ0) is 11.7. The Hall–Kier alpha value is 0.237. The van der Waals surface area contributed by atoms with Crippen molar-refractivity contribution in [1.29, 1.82) is 0 Å². The number of rotatable bonds is 8. The maximum Gasteiger partial charge on any atom is 0.109 e. The predicted molar refractivity (Wildman–Crippen MR) is 77.9 cm³/mol. The van der Waals surface area contributed by atoms with Gasteiger partial charge in [0.25, 0.3) is 0 Å². The Morgan fingerprint density at radius 1 is 1.20 bits per heavy atom. The molecule has 0 amide bonds. The number of aliphatic imine (C=N–C) groups is 1. The first-order valence-corrected chi connectivity index (χ1v) is 11.3. The van der Waals surface area contributed by atoms with Gasteiger partial charge in [-0.05, 0) is 12.8 Å². The first kappa shape index (κ1) is 15.2. The normalized spacial score (nSPS) is 14.7. The van der Waals surface area contributed by atoms with Crippen LogP contribution in [-0.4, -0.2) is 25.2 Å². The van der Waals surface area contributed by atoms with E-state index in [4.69, 9.17) is 0 Å². The third-order valence-corrected chi connectivity index (χ3v) is 6.56. The highest BCUT2D eigenvalue weighted by molar-refractivity contribution is 8.29. The standard InChI is InChI=1S/C12H27NSSi/c1-6-8-9-10-13-11-12(7-2)14-15(3,4)5/h11-12H,6-10H2,1-5H3. The largest absolute Gasteiger partial charge is 0.296 e. The van der Waals surface area contributed by atoms with Gasteiger partial charge in [0.05, 0.1) is 0 Å². The highest BCUT2D eigenvalue weighted by Crippen LogP contribution is 2.25. The maximum atomic E-state index is 4.54. The molecule has 0 bridgehead atoms. The van der Waals surface area contributed by atoms with Crippen molar-refractivity contribution in [2.75, 3.05) is 6.54 Å². The zero-order valence-corrected chi connectivity index (χ0v) is 12.9. The summed E-state index contributed by atoms with van der Waals surface area (Å²) >= 11 is 2.16. The number of hydrogen-bond donors (Lipinski definition) is 0. The van der Waals surface area contributed by atoms with E-state index in [1.54, 1.807) is 0 Å². The van der Waals surface area contributed by atoms with Crippen LogP contribution in [0.15, 0.2) is 4.99 Å². The van der Waals surface area contributed by atoms with Gasteiger partial charge in [-0.1, -0.05) is 46.3 Å². The van der Waals surface area contributed by atoms with Crippen LogP contribution in [0.3, 0.4) is 0 Å². The van der Waals surface area contributed by atoms with E-state index < -0.39 is 7.22 Å². The third-order valence-electron chi connectivity index (χ3n) is 2.07. The van der Waals surface area contributed by atoms with Gasteiger partial charge in [-0.2, -0.15) is 11.2 Å². The number of unbranched alkanes of at least 4 members (excludes halogenated alkanes) is 2. The number of hydrogen-bond acceptors (Lipinski definition) is 2. The summed E-state index contributed by atoms with van der Waals surface area (Å²) in [6, 6.07) is 0. The Morgan fingerprint density at radius 3 is 2.33 bits per heavy atom. The van der Waals surface area contributed by atoms with Gasteiger partial charge in [-0.25, -0.2) is 0 Å². The Labute approximate surface area is 101 Å². The molecule has 1 unspecified atom stereocenters. The highest BCUT2D eigenvalue weighted by Gasteiger charge is 2.18. The Morgan fingerprint density at radius 2 is 1.87 bits per heavy atom. The van der Waals surface area contributed by atoms with Gasteiger partial charge < -0.3 is 0 Å². The molecule has 0 saturated carbocycles. The van der Waals surface area contributed by atoms with Crippen LogP contribution in [0.2, 0.25) is 19.6 Å². The van der Waals surface area contributed by atoms with E-state index in [1.807, 2.05) is 0 Å². The van der Waals surface area contributed by atoms with Crippen LogP contribution in [0.1, 0.15) is 39.5 Å². The van der Waals surface area contributed by atoms with Crippen molar-refractivity contribution in [3.8, 4) is 0 Å². The average molecular weight is 246 g/mol. The summed E-state index contributed by atoms with van der Waals surface area (Å²) in [7, 11) is -0.991. The van der Waals surface area contributed by atoms with Crippen LogP contribution in [0.4, 0.5) is 0 Å². The van der Waals surface area contributed by atoms with Crippen molar-refractivity contribution >= 4 is 24.6 Å². The molecule has 0 fully saturated rings. The van der Waals surface area contributed by atoms with Crippen LogP contribution in [0.5, 0.6) is 0 Å². The fourth-order valence-corrected chi connectivity index (χ4v) is 5.95. The van der Waals surface area contributed by atoms with Crippen LogP contribution in [0.25, 0.3) is 0 Å². The van der Waals surface area contributed by atoms with Crippen LogP contribution >= 0.6 is 11.2 Å². The van der Waals surface area contributed by atoms with Crippen molar-refractivity contribution in [3.63, 3.8) is 0 Å².